The van der Waals surface area contributed by atoms with Crippen molar-refractivity contribution in [2.24, 2.45) is 5.92 Å². The van der Waals surface area contributed by atoms with Gasteiger partial charge in [0.25, 0.3) is 5.56 Å². The largest absolute Gasteiger partial charge is 0.351 e. The minimum absolute atomic E-state index is 0.0515. The molecule has 1 amide bonds. The van der Waals surface area contributed by atoms with Crippen LogP contribution in [0.4, 0.5) is 0 Å². The van der Waals surface area contributed by atoms with Crippen molar-refractivity contribution in [2.75, 3.05) is 5.75 Å². The molecule has 7 heteroatoms. The van der Waals surface area contributed by atoms with Crippen LogP contribution >= 0.6 is 23.1 Å². The Balaban J connectivity index is 2.19. The molecule has 0 fully saturated rings. The molecule has 0 aliphatic rings. The van der Waals surface area contributed by atoms with E-state index in [1.807, 2.05) is 20.8 Å². The van der Waals surface area contributed by atoms with Gasteiger partial charge in [0.05, 0.1) is 11.1 Å². The van der Waals surface area contributed by atoms with E-state index < -0.39 is 0 Å². The molecule has 144 valence electrons. The summed E-state index contributed by atoms with van der Waals surface area (Å²) < 4.78 is 0. The molecule has 0 aromatic carbocycles. The van der Waals surface area contributed by atoms with Gasteiger partial charge in [-0.05, 0) is 45.1 Å². The van der Waals surface area contributed by atoms with E-state index in [4.69, 9.17) is 0 Å². The zero-order valence-corrected chi connectivity index (χ0v) is 18.1. The van der Waals surface area contributed by atoms with Gasteiger partial charge in [0.1, 0.15) is 4.83 Å². The van der Waals surface area contributed by atoms with Crippen LogP contribution in [0.1, 0.15) is 57.9 Å². The van der Waals surface area contributed by atoms with Gasteiger partial charge < -0.3 is 10.3 Å². The Labute approximate surface area is 163 Å². The second-order valence-corrected chi connectivity index (χ2v) is 9.65. The number of carbonyl (C=O) groups is 1. The molecule has 2 rings (SSSR count). The monoisotopic (exact) mass is 395 g/mol. The number of amides is 1. The third-order valence-corrected chi connectivity index (χ3v) is 6.71. The molecule has 0 bridgehead atoms. The lowest BCUT2D eigenvalue weighted by Gasteiger charge is -2.24. The molecule has 0 radical (unpaired) electrons. The van der Waals surface area contributed by atoms with Gasteiger partial charge >= 0.3 is 0 Å². The van der Waals surface area contributed by atoms with E-state index in [9.17, 15) is 9.59 Å². The molecule has 26 heavy (non-hydrogen) atoms. The molecule has 0 aliphatic heterocycles. The number of hydrogen-bond donors (Lipinski definition) is 2. The van der Waals surface area contributed by atoms with E-state index in [0.29, 0.717) is 16.5 Å². The van der Waals surface area contributed by atoms with E-state index in [0.717, 1.165) is 34.5 Å². The summed E-state index contributed by atoms with van der Waals surface area (Å²) in [4.78, 5) is 34.1. The zero-order chi connectivity index (χ0) is 19.5. The third kappa shape index (κ3) is 5.10. The molecule has 2 aromatic heterocycles. The lowest BCUT2D eigenvalue weighted by molar-refractivity contribution is -0.120. The highest BCUT2D eigenvalue weighted by Crippen LogP contribution is 2.30. The fourth-order valence-electron chi connectivity index (χ4n) is 2.60. The van der Waals surface area contributed by atoms with Gasteiger partial charge in [-0.1, -0.05) is 39.0 Å². The first-order chi connectivity index (χ1) is 12.2. The number of nitrogens with zero attached hydrogens (tertiary/aromatic N) is 1. The van der Waals surface area contributed by atoms with E-state index in [1.54, 1.807) is 11.3 Å². The summed E-state index contributed by atoms with van der Waals surface area (Å²) in [5, 5.41) is 4.21. The van der Waals surface area contributed by atoms with Gasteiger partial charge in [0, 0.05) is 10.4 Å². The Morgan fingerprint density at radius 2 is 2.08 bits per heavy atom. The maximum Gasteiger partial charge on any atom is 0.260 e. The highest BCUT2D eigenvalue weighted by atomic mass is 32.2. The number of aromatic nitrogens is 2. The average Bonchev–Trinajstić information content (AvgIpc) is 2.88. The van der Waals surface area contributed by atoms with Crippen LogP contribution in [-0.4, -0.2) is 27.2 Å². The first kappa shape index (κ1) is 21.0. The summed E-state index contributed by atoms with van der Waals surface area (Å²) in [6.07, 6.45) is 2.84. The average molecular weight is 396 g/mol. The van der Waals surface area contributed by atoms with Crippen molar-refractivity contribution >= 4 is 39.2 Å². The topological polar surface area (TPSA) is 74.8 Å². The molecule has 0 aliphatic carbocycles. The minimum atomic E-state index is -0.224. The molecule has 2 N–H and O–H groups in total. The summed E-state index contributed by atoms with van der Waals surface area (Å²) in [5.41, 5.74) is 0.791. The van der Waals surface area contributed by atoms with E-state index >= 15 is 0 Å². The maximum atomic E-state index is 12.6. The van der Waals surface area contributed by atoms with Gasteiger partial charge in [-0.3, -0.25) is 9.59 Å². The Kier molecular flexibility index (Phi) is 6.91. The Morgan fingerprint density at radius 3 is 2.69 bits per heavy atom. The van der Waals surface area contributed by atoms with Crippen molar-refractivity contribution in [3.05, 3.63) is 20.8 Å². The molecule has 1 atom stereocenters. The van der Waals surface area contributed by atoms with E-state index in [1.165, 1.54) is 11.8 Å². The smallest absolute Gasteiger partial charge is 0.260 e. The number of carbonyl (C=O) groups excluding carboxylic acids is 1. The quantitative estimate of drug-likeness (QED) is 0.517. The number of rotatable bonds is 8. The van der Waals surface area contributed by atoms with Crippen LogP contribution in [0, 0.1) is 12.8 Å². The Bertz CT molecular complexity index is 839. The van der Waals surface area contributed by atoms with Crippen LogP contribution in [0.25, 0.3) is 10.2 Å². The standard InChI is InChI=1S/C19H29N3O2S2/c1-7-11(3)9-13-12(4)26-17-15(13)16(24)20-18(21-17)25-10-14(23)22-19(5,6)8-2/h11H,7-10H2,1-6H3,(H,22,23)(H,20,21,24)/t11-/m1/s1. The number of nitrogens with one attached hydrogen (secondary N) is 2. The predicted octanol–water partition coefficient (Wildman–Crippen LogP) is 4.28. The minimum Gasteiger partial charge on any atom is -0.351 e. The second-order valence-electron chi connectivity index (χ2n) is 7.48. The maximum absolute atomic E-state index is 12.6. The summed E-state index contributed by atoms with van der Waals surface area (Å²) in [5.74, 6) is 0.720. The summed E-state index contributed by atoms with van der Waals surface area (Å²) in [7, 11) is 0. The fraction of sp³-hybridized carbons (Fsp3) is 0.632. The van der Waals surface area contributed by atoms with Gasteiger partial charge in [0.15, 0.2) is 5.16 Å². The molecule has 5 nitrogen and oxygen atoms in total. The lowest BCUT2D eigenvalue weighted by atomic mass is 9.98. The van der Waals surface area contributed by atoms with Crippen LogP contribution in [0.15, 0.2) is 9.95 Å². The number of hydrogen-bond acceptors (Lipinski definition) is 5. The predicted molar refractivity (Wildman–Crippen MR) is 111 cm³/mol. The first-order valence-electron chi connectivity index (χ1n) is 9.13. The molecule has 0 saturated heterocycles. The molecule has 0 spiro atoms. The number of aryl methyl sites for hydroxylation is 1. The Hall–Kier alpha value is -1.34. The third-order valence-electron chi connectivity index (χ3n) is 4.79. The molecular weight excluding hydrogens is 366 g/mol. The van der Waals surface area contributed by atoms with Crippen LogP contribution < -0.4 is 10.9 Å². The molecule has 0 saturated carbocycles. The van der Waals surface area contributed by atoms with Gasteiger partial charge in [0.2, 0.25) is 5.91 Å². The lowest BCUT2D eigenvalue weighted by Crippen LogP contribution is -2.43. The van der Waals surface area contributed by atoms with Crippen molar-refractivity contribution in [1.29, 1.82) is 0 Å². The Morgan fingerprint density at radius 1 is 1.38 bits per heavy atom. The number of H-pyrrole nitrogens is 1. The van der Waals surface area contributed by atoms with Crippen molar-refractivity contribution < 1.29 is 4.79 Å². The number of thiophene rings is 1. The highest BCUT2D eigenvalue weighted by molar-refractivity contribution is 7.99. The van der Waals surface area contributed by atoms with Gasteiger partial charge in [-0.15, -0.1) is 11.3 Å². The number of fused-ring (bicyclic) bond motifs is 1. The van der Waals surface area contributed by atoms with Crippen molar-refractivity contribution in [3.8, 4) is 0 Å². The first-order valence-corrected chi connectivity index (χ1v) is 10.9. The summed E-state index contributed by atoms with van der Waals surface area (Å²) >= 11 is 2.83. The summed E-state index contributed by atoms with van der Waals surface area (Å²) in [6, 6.07) is 0. The van der Waals surface area contributed by atoms with Crippen LogP contribution in [0.3, 0.4) is 0 Å². The molecule has 2 aromatic rings. The van der Waals surface area contributed by atoms with Gasteiger partial charge in [-0.25, -0.2) is 4.98 Å². The SMILES string of the molecule is CC[C@@H](C)Cc1c(C)sc2nc(SCC(=O)NC(C)(C)CC)[nH]c(=O)c12. The fourth-order valence-corrected chi connectivity index (χ4v) is 4.37. The van der Waals surface area contributed by atoms with Crippen molar-refractivity contribution in [3.63, 3.8) is 0 Å². The van der Waals surface area contributed by atoms with Gasteiger partial charge in [-0.2, -0.15) is 0 Å². The summed E-state index contributed by atoms with van der Waals surface area (Å²) in [6.45, 7) is 12.4. The molecular formula is C19H29N3O2S2. The zero-order valence-electron chi connectivity index (χ0n) is 16.5. The van der Waals surface area contributed by atoms with E-state index in [2.05, 4.69) is 36.1 Å². The molecule has 0 unspecified atom stereocenters. The van der Waals surface area contributed by atoms with E-state index in [-0.39, 0.29) is 22.8 Å². The van der Waals surface area contributed by atoms with Crippen molar-refractivity contribution in [2.45, 2.75) is 71.5 Å². The number of thioether (sulfide) groups is 1. The normalized spacial score (nSPS) is 13.2. The van der Waals surface area contributed by atoms with Crippen molar-refractivity contribution in [1.82, 2.24) is 15.3 Å². The van der Waals surface area contributed by atoms with Crippen LogP contribution in [-0.2, 0) is 11.2 Å². The number of aromatic amines is 1. The van der Waals surface area contributed by atoms with Crippen LogP contribution in [0.2, 0.25) is 0 Å². The highest BCUT2D eigenvalue weighted by Gasteiger charge is 2.19. The second kappa shape index (κ2) is 8.57. The van der Waals surface area contributed by atoms with Crippen LogP contribution in [0.5, 0.6) is 0 Å². The molecule has 2 heterocycles.